The molecule has 1 aromatic carbocycles. The summed E-state index contributed by atoms with van der Waals surface area (Å²) in [5.41, 5.74) is 0.438. The van der Waals surface area contributed by atoms with Crippen LogP contribution in [0, 0.1) is 5.92 Å². The summed E-state index contributed by atoms with van der Waals surface area (Å²) in [6.07, 6.45) is 3.48. The second-order valence-electron chi connectivity index (χ2n) is 8.21. The summed E-state index contributed by atoms with van der Waals surface area (Å²) in [6.45, 7) is 3.01. The quantitative estimate of drug-likeness (QED) is 0.723. The van der Waals surface area contributed by atoms with Crippen molar-refractivity contribution in [3.8, 4) is 0 Å². The lowest BCUT2D eigenvalue weighted by Gasteiger charge is -2.11. The molecule has 0 bridgehead atoms. The number of anilines is 1. The zero-order valence-electron chi connectivity index (χ0n) is 17.3. The zero-order valence-corrected chi connectivity index (χ0v) is 18.1. The Morgan fingerprint density at radius 2 is 2.10 bits per heavy atom. The molecule has 2 heterocycles. The van der Waals surface area contributed by atoms with Crippen LogP contribution in [0.3, 0.4) is 0 Å². The number of benzene rings is 1. The minimum absolute atomic E-state index is 0.0716. The van der Waals surface area contributed by atoms with E-state index < -0.39 is 10.0 Å². The fourth-order valence-electron chi connectivity index (χ4n) is 3.74. The zero-order chi connectivity index (χ0) is 21.3. The van der Waals surface area contributed by atoms with Crippen molar-refractivity contribution in [1.29, 1.82) is 0 Å². The minimum Gasteiger partial charge on any atom is -0.466 e. The van der Waals surface area contributed by atoms with Gasteiger partial charge in [0, 0.05) is 44.5 Å². The highest BCUT2D eigenvalue weighted by molar-refractivity contribution is 7.90. The fraction of sp³-hybridized carbons (Fsp3) is 0.455. The van der Waals surface area contributed by atoms with Gasteiger partial charge in [0.15, 0.2) is 0 Å². The van der Waals surface area contributed by atoms with Crippen molar-refractivity contribution in [1.82, 2.24) is 4.90 Å². The topological polar surface area (TPSA) is 92.0 Å². The molecule has 1 saturated carbocycles. The molecule has 1 amide bonds. The highest BCUT2D eigenvalue weighted by Gasteiger charge is 2.36. The summed E-state index contributed by atoms with van der Waals surface area (Å²) in [6, 6.07) is 10.2. The summed E-state index contributed by atoms with van der Waals surface area (Å²) in [4.78, 5) is 14.3. The van der Waals surface area contributed by atoms with Gasteiger partial charge in [-0.15, -0.1) is 4.40 Å². The first-order chi connectivity index (χ1) is 14.3. The number of amides is 1. The second kappa shape index (κ2) is 8.26. The fourth-order valence-corrected chi connectivity index (χ4v) is 4.88. The molecule has 2 fully saturated rings. The molecule has 1 saturated heterocycles. The van der Waals surface area contributed by atoms with Gasteiger partial charge in [0.2, 0.25) is 5.91 Å². The number of amidine groups is 1. The molecule has 8 heteroatoms. The molecule has 2 aliphatic rings. The smallest absolute Gasteiger partial charge is 0.284 e. The van der Waals surface area contributed by atoms with E-state index >= 15 is 0 Å². The summed E-state index contributed by atoms with van der Waals surface area (Å²) >= 11 is 0. The van der Waals surface area contributed by atoms with Gasteiger partial charge in [0.25, 0.3) is 10.0 Å². The average molecular weight is 430 g/mol. The molecule has 2 aromatic rings. The van der Waals surface area contributed by atoms with Gasteiger partial charge in [-0.2, -0.15) is 8.42 Å². The van der Waals surface area contributed by atoms with Crippen LogP contribution in [0.4, 0.5) is 5.69 Å². The van der Waals surface area contributed by atoms with Crippen molar-refractivity contribution in [3.05, 3.63) is 47.9 Å². The highest BCUT2D eigenvalue weighted by atomic mass is 32.2. The van der Waals surface area contributed by atoms with Gasteiger partial charge in [0.1, 0.15) is 17.4 Å². The van der Waals surface area contributed by atoms with Crippen LogP contribution in [0.2, 0.25) is 0 Å². The SMILES string of the molecule is CC1CC1c1ccc(CCC(=O)Nc2cccc(S(=O)(=O)/N=C3/CCCN3C)c2)o1. The van der Waals surface area contributed by atoms with E-state index in [1.807, 2.05) is 24.1 Å². The number of furan rings is 1. The van der Waals surface area contributed by atoms with Crippen molar-refractivity contribution in [2.45, 2.75) is 49.8 Å². The van der Waals surface area contributed by atoms with Gasteiger partial charge < -0.3 is 14.6 Å². The van der Waals surface area contributed by atoms with Gasteiger partial charge in [-0.1, -0.05) is 13.0 Å². The first-order valence-electron chi connectivity index (χ1n) is 10.4. The molecule has 1 aromatic heterocycles. The summed E-state index contributed by atoms with van der Waals surface area (Å²) in [5, 5.41) is 2.77. The van der Waals surface area contributed by atoms with Crippen LogP contribution in [0.1, 0.15) is 50.0 Å². The van der Waals surface area contributed by atoms with E-state index in [1.54, 1.807) is 12.1 Å². The third-order valence-electron chi connectivity index (χ3n) is 5.73. The maximum absolute atomic E-state index is 12.6. The van der Waals surface area contributed by atoms with E-state index in [-0.39, 0.29) is 17.2 Å². The number of carbonyl (C=O) groups excluding carboxylic acids is 1. The van der Waals surface area contributed by atoms with Gasteiger partial charge in [-0.25, -0.2) is 0 Å². The monoisotopic (exact) mass is 429 g/mol. The molecule has 1 N–H and O–H groups in total. The largest absolute Gasteiger partial charge is 0.466 e. The molecule has 0 radical (unpaired) electrons. The molecule has 160 valence electrons. The van der Waals surface area contributed by atoms with Crippen LogP contribution >= 0.6 is 0 Å². The van der Waals surface area contributed by atoms with Crippen molar-refractivity contribution in [3.63, 3.8) is 0 Å². The highest BCUT2D eigenvalue weighted by Crippen LogP contribution is 2.47. The summed E-state index contributed by atoms with van der Waals surface area (Å²) < 4.78 is 35.1. The molecular weight excluding hydrogens is 402 g/mol. The molecule has 30 heavy (non-hydrogen) atoms. The molecule has 7 nitrogen and oxygen atoms in total. The van der Waals surface area contributed by atoms with Gasteiger partial charge >= 0.3 is 0 Å². The second-order valence-corrected chi connectivity index (χ2v) is 9.81. The number of nitrogens with one attached hydrogen (secondary N) is 1. The summed E-state index contributed by atoms with van der Waals surface area (Å²) in [5.74, 6) is 3.38. The Bertz CT molecular complexity index is 1070. The Kier molecular flexibility index (Phi) is 5.69. The Balaban J connectivity index is 1.36. The van der Waals surface area contributed by atoms with E-state index in [0.29, 0.717) is 36.2 Å². The maximum atomic E-state index is 12.6. The molecular formula is C22H27N3O4S. The lowest BCUT2D eigenvalue weighted by molar-refractivity contribution is -0.116. The molecule has 2 atom stereocenters. The van der Waals surface area contributed by atoms with Crippen molar-refractivity contribution >= 4 is 27.5 Å². The van der Waals surface area contributed by atoms with E-state index in [9.17, 15) is 13.2 Å². The molecule has 1 aliphatic carbocycles. The third kappa shape index (κ3) is 4.75. The predicted molar refractivity (Wildman–Crippen MR) is 115 cm³/mol. The normalized spacial score (nSPS) is 22.5. The number of rotatable bonds is 7. The Morgan fingerprint density at radius 1 is 1.30 bits per heavy atom. The number of hydrogen-bond donors (Lipinski definition) is 1. The van der Waals surface area contributed by atoms with Crippen LogP contribution in [0.25, 0.3) is 0 Å². The average Bonchev–Trinajstić information content (AvgIpc) is 3.07. The number of aryl methyl sites for hydroxylation is 1. The predicted octanol–water partition coefficient (Wildman–Crippen LogP) is 3.79. The number of hydrogen-bond acceptors (Lipinski definition) is 4. The standard InChI is InChI=1S/C22H27N3O4S/c1-15-13-19(15)20-10-8-17(29-20)9-11-22(26)23-16-5-3-6-18(14-16)30(27,28)24-21-7-4-12-25(21)2/h3,5-6,8,10,14-15,19H,4,7,9,11-13H2,1-2H3,(H,23,26)/b24-21-. The van der Waals surface area contributed by atoms with E-state index in [0.717, 1.165) is 30.9 Å². The van der Waals surface area contributed by atoms with Crippen molar-refractivity contribution < 1.29 is 17.6 Å². The summed E-state index contributed by atoms with van der Waals surface area (Å²) in [7, 11) is -1.98. The van der Waals surface area contributed by atoms with Gasteiger partial charge in [0.05, 0.1) is 4.90 Å². The van der Waals surface area contributed by atoms with Gasteiger partial charge in [-0.05, 0) is 49.1 Å². The van der Waals surface area contributed by atoms with Crippen LogP contribution < -0.4 is 5.32 Å². The molecule has 2 unspecified atom stereocenters. The Morgan fingerprint density at radius 3 is 2.80 bits per heavy atom. The maximum Gasteiger partial charge on any atom is 0.284 e. The molecule has 0 spiro atoms. The number of sulfonamides is 1. The lowest BCUT2D eigenvalue weighted by atomic mass is 10.2. The van der Waals surface area contributed by atoms with Crippen LogP contribution in [-0.4, -0.2) is 38.7 Å². The molecule has 4 rings (SSSR count). The first kappa shape index (κ1) is 20.7. The number of carbonyl (C=O) groups is 1. The molecule has 1 aliphatic heterocycles. The first-order valence-corrected chi connectivity index (χ1v) is 11.8. The van der Waals surface area contributed by atoms with Crippen LogP contribution in [-0.2, 0) is 21.2 Å². The minimum atomic E-state index is -3.81. The Hall–Kier alpha value is -2.61. The van der Waals surface area contributed by atoms with Crippen molar-refractivity contribution in [2.75, 3.05) is 18.9 Å². The van der Waals surface area contributed by atoms with Crippen molar-refractivity contribution in [2.24, 2.45) is 10.3 Å². The van der Waals surface area contributed by atoms with Crippen LogP contribution in [0.15, 0.2) is 50.1 Å². The lowest BCUT2D eigenvalue weighted by Crippen LogP contribution is -2.20. The van der Waals surface area contributed by atoms with E-state index in [4.69, 9.17) is 4.42 Å². The number of nitrogens with zero attached hydrogens (tertiary/aromatic N) is 2. The Labute approximate surface area is 177 Å². The van der Waals surface area contributed by atoms with E-state index in [1.165, 1.54) is 12.1 Å². The third-order valence-corrected chi connectivity index (χ3v) is 7.03. The van der Waals surface area contributed by atoms with Gasteiger partial charge in [-0.3, -0.25) is 4.79 Å². The van der Waals surface area contributed by atoms with Crippen LogP contribution in [0.5, 0.6) is 0 Å². The number of likely N-dealkylation sites (tertiary alicyclic amines) is 1. The van der Waals surface area contributed by atoms with E-state index in [2.05, 4.69) is 16.6 Å².